The zero-order chi connectivity index (χ0) is 41.7. The lowest BCUT2D eigenvalue weighted by atomic mass is 9.89. The largest absolute Gasteiger partial charge is 0.455 e. The Morgan fingerprint density at radius 1 is 0.222 bits per heavy atom. The van der Waals surface area contributed by atoms with Gasteiger partial charge < -0.3 is 4.42 Å². The van der Waals surface area contributed by atoms with Crippen LogP contribution in [0, 0.1) is 0 Å². The van der Waals surface area contributed by atoms with Gasteiger partial charge in [0.1, 0.15) is 11.2 Å². The third-order valence-electron chi connectivity index (χ3n) is 12.2. The van der Waals surface area contributed by atoms with Gasteiger partial charge in [-0.25, -0.2) is 15.0 Å². The van der Waals surface area contributed by atoms with E-state index < -0.39 is 0 Å². The molecule has 0 atom stereocenters. The maximum absolute atomic E-state index is 6.41. The first kappa shape index (κ1) is 36.4. The zero-order valence-corrected chi connectivity index (χ0v) is 34.1. The molecule has 0 bridgehead atoms. The standard InChI is InChI=1S/C59H37N3O/c1-3-16-38(17-4-1)42-20-7-12-26-53(42)58-60-57(41-32-30-40(31-33-41)44-27-15-28-52-51-25-13-14-29-55(51)63-56(44)52)61-59(62-58)54-37-36-50(47-23-10-11-24-48(47)54)49-35-34-43(39-18-5-2-6-19-39)45-21-8-9-22-46(45)49/h1-37H. The van der Waals surface area contributed by atoms with E-state index in [4.69, 9.17) is 19.4 Å². The van der Waals surface area contributed by atoms with Crippen LogP contribution in [0.5, 0.6) is 0 Å². The molecule has 4 nitrogen and oxygen atoms in total. The molecule has 2 aromatic heterocycles. The summed E-state index contributed by atoms with van der Waals surface area (Å²) in [5.41, 5.74) is 13.5. The summed E-state index contributed by atoms with van der Waals surface area (Å²) in [5.74, 6) is 1.82. The van der Waals surface area contributed by atoms with Gasteiger partial charge in [-0.3, -0.25) is 0 Å². The topological polar surface area (TPSA) is 51.8 Å². The number of nitrogens with zero attached hydrogens (tertiary/aromatic N) is 3. The van der Waals surface area contributed by atoms with Crippen LogP contribution in [0.2, 0.25) is 0 Å². The smallest absolute Gasteiger partial charge is 0.164 e. The normalized spacial score (nSPS) is 11.5. The second-order valence-corrected chi connectivity index (χ2v) is 15.9. The van der Waals surface area contributed by atoms with E-state index in [9.17, 15) is 0 Å². The number of hydrogen-bond acceptors (Lipinski definition) is 4. The van der Waals surface area contributed by atoms with E-state index in [1.807, 2.05) is 18.2 Å². The van der Waals surface area contributed by atoms with Crippen LogP contribution in [0.25, 0.3) is 122 Å². The molecule has 12 aromatic rings. The van der Waals surface area contributed by atoms with Gasteiger partial charge in [0.15, 0.2) is 17.5 Å². The lowest BCUT2D eigenvalue weighted by Gasteiger charge is -2.16. The Morgan fingerprint density at radius 3 is 1.30 bits per heavy atom. The molecular formula is C59H37N3O. The van der Waals surface area contributed by atoms with E-state index in [-0.39, 0.29) is 0 Å². The number of aromatic nitrogens is 3. The number of furan rings is 1. The van der Waals surface area contributed by atoms with Gasteiger partial charge in [0.25, 0.3) is 0 Å². The Kier molecular flexibility index (Phi) is 8.79. The molecule has 63 heavy (non-hydrogen) atoms. The summed E-state index contributed by atoms with van der Waals surface area (Å²) in [7, 11) is 0. The molecule has 0 spiro atoms. The van der Waals surface area contributed by atoms with Crippen LogP contribution < -0.4 is 0 Å². The molecule has 0 N–H and O–H groups in total. The maximum Gasteiger partial charge on any atom is 0.164 e. The molecular weight excluding hydrogens is 767 g/mol. The molecule has 0 saturated heterocycles. The summed E-state index contributed by atoms with van der Waals surface area (Å²) in [4.78, 5) is 15.8. The Balaban J connectivity index is 1.02. The fourth-order valence-electron chi connectivity index (χ4n) is 9.20. The number of rotatable bonds is 7. The van der Waals surface area contributed by atoms with E-state index in [1.165, 1.54) is 27.5 Å². The third-order valence-corrected chi connectivity index (χ3v) is 12.2. The van der Waals surface area contributed by atoms with Crippen molar-refractivity contribution in [3.8, 4) is 78.7 Å². The maximum atomic E-state index is 6.41. The molecule has 0 fully saturated rings. The highest BCUT2D eigenvalue weighted by molar-refractivity contribution is 6.12. The van der Waals surface area contributed by atoms with Crippen molar-refractivity contribution in [1.29, 1.82) is 0 Å². The highest BCUT2D eigenvalue weighted by Crippen LogP contribution is 2.42. The number of hydrogen-bond donors (Lipinski definition) is 0. The second kappa shape index (κ2) is 15.2. The van der Waals surface area contributed by atoms with E-state index in [2.05, 4.69) is 206 Å². The summed E-state index contributed by atoms with van der Waals surface area (Å²) in [6.45, 7) is 0. The molecule has 0 amide bonds. The average molecular weight is 804 g/mol. The second-order valence-electron chi connectivity index (χ2n) is 15.9. The lowest BCUT2D eigenvalue weighted by Crippen LogP contribution is -2.01. The van der Waals surface area contributed by atoms with Crippen LogP contribution in [0.15, 0.2) is 229 Å². The highest BCUT2D eigenvalue weighted by Gasteiger charge is 2.20. The molecule has 4 heteroatoms. The number of benzene rings is 10. The van der Waals surface area contributed by atoms with Gasteiger partial charge >= 0.3 is 0 Å². The van der Waals surface area contributed by atoms with Crippen LogP contribution in [0.1, 0.15) is 0 Å². The SMILES string of the molecule is c1ccc(-c2ccccc2-c2nc(-c3ccc(-c4cccc5c4oc4ccccc45)cc3)nc(-c3ccc(-c4ccc(-c5ccccc5)c5ccccc45)c4ccccc34)n2)cc1. The molecule has 0 aliphatic carbocycles. The van der Waals surface area contributed by atoms with E-state index >= 15 is 0 Å². The van der Waals surface area contributed by atoms with Crippen molar-refractivity contribution in [2.75, 3.05) is 0 Å². The van der Waals surface area contributed by atoms with Crippen LogP contribution in [0.3, 0.4) is 0 Å². The molecule has 0 unspecified atom stereocenters. The van der Waals surface area contributed by atoms with Crippen molar-refractivity contribution in [3.05, 3.63) is 224 Å². The van der Waals surface area contributed by atoms with E-state index in [0.717, 1.165) is 77.2 Å². The number of fused-ring (bicyclic) bond motifs is 5. The van der Waals surface area contributed by atoms with E-state index in [0.29, 0.717) is 17.5 Å². The Labute approximate surface area is 364 Å². The van der Waals surface area contributed by atoms with Crippen molar-refractivity contribution < 1.29 is 4.42 Å². The van der Waals surface area contributed by atoms with Gasteiger partial charge in [-0.15, -0.1) is 0 Å². The number of para-hydroxylation sites is 2. The van der Waals surface area contributed by atoms with Crippen molar-refractivity contribution in [2.45, 2.75) is 0 Å². The first-order valence-electron chi connectivity index (χ1n) is 21.3. The molecule has 0 aliphatic rings. The minimum atomic E-state index is 0.599. The summed E-state index contributed by atoms with van der Waals surface area (Å²) in [6.07, 6.45) is 0. The highest BCUT2D eigenvalue weighted by atomic mass is 16.3. The van der Waals surface area contributed by atoms with Crippen molar-refractivity contribution in [3.63, 3.8) is 0 Å². The van der Waals surface area contributed by atoms with Crippen LogP contribution >= 0.6 is 0 Å². The molecule has 0 aliphatic heterocycles. The lowest BCUT2D eigenvalue weighted by molar-refractivity contribution is 0.670. The molecule has 10 aromatic carbocycles. The van der Waals surface area contributed by atoms with Gasteiger partial charge in [0, 0.05) is 33.0 Å². The summed E-state index contributed by atoms with van der Waals surface area (Å²) in [5, 5.41) is 6.84. The van der Waals surface area contributed by atoms with Gasteiger partial charge in [0.05, 0.1) is 0 Å². The monoisotopic (exact) mass is 803 g/mol. The molecule has 294 valence electrons. The summed E-state index contributed by atoms with van der Waals surface area (Å²) >= 11 is 0. The zero-order valence-electron chi connectivity index (χ0n) is 34.1. The summed E-state index contributed by atoms with van der Waals surface area (Å²) in [6, 6.07) is 78.7. The fraction of sp³-hybridized carbons (Fsp3) is 0. The predicted octanol–water partition coefficient (Wildman–Crippen LogP) is 15.7. The van der Waals surface area contributed by atoms with Crippen molar-refractivity contribution in [1.82, 2.24) is 15.0 Å². The minimum absolute atomic E-state index is 0.599. The Bertz CT molecular complexity index is 3670. The predicted molar refractivity (Wildman–Crippen MR) is 260 cm³/mol. The Morgan fingerprint density at radius 2 is 0.635 bits per heavy atom. The quantitative estimate of drug-likeness (QED) is 0.161. The first-order chi connectivity index (χ1) is 31.2. The average Bonchev–Trinajstić information content (AvgIpc) is 3.75. The van der Waals surface area contributed by atoms with Crippen molar-refractivity contribution >= 4 is 43.5 Å². The molecule has 0 radical (unpaired) electrons. The first-order valence-corrected chi connectivity index (χ1v) is 21.3. The van der Waals surface area contributed by atoms with E-state index in [1.54, 1.807) is 0 Å². The van der Waals surface area contributed by atoms with Gasteiger partial charge in [0.2, 0.25) is 0 Å². The molecule has 0 saturated carbocycles. The van der Waals surface area contributed by atoms with Crippen molar-refractivity contribution in [2.24, 2.45) is 0 Å². The minimum Gasteiger partial charge on any atom is -0.455 e. The van der Waals surface area contributed by atoms with Gasteiger partial charge in [-0.2, -0.15) is 0 Å². The summed E-state index contributed by atoms with van der Waals surface area (Å²) < 4.78 is 6.41. The third kappa shape index (κ3) is 6.36. The van der Waals surface area contributed by atoms with Crippen LogP contribution in [0.4, 0.5) is 0 Å². The van der Waals surface area contributed by atoms with Crippen LogP contribution in [-0.2, 0) is 0 Å². The Hall–Kier alpha value is -8.47. The van der Waals surface area contributed by atoms with Gasteiger partial charge in [-0.05, 0) is 72.6 Å². The van der Waals surface area contributed by atoms with Gasteiger partial charge in [-0.1, -0.05) is 212 Å². The molecule has 2 heterocycles. The molecule has 12 rings (SSSR count). The van der Waals surface area contributed by atoms with Crippen LogP contribution in [-0.4, -0.2) is 15.0 Å². The fourth-order valence-corrected chi connectivity index (χ4v) is 9.20.